The van der Waals surface area contributed by atoms with Crippen molar-refractivity contribution in [2.24, 2.45) is 7.05 Å². The molecule has 0 aliphatic carbocycles. The lowest BCUT2D eigenvalue weighted by molar-refractivity contribution is 0.567. The van der Waals surface area contributed by atoms with E-state index in [1.54, 1.807) is 26.4 Å². The van der Waals surface area contributed by atoms with Crippen LogP contribution in [0.2, 0.25) is 0 Å². The van der Waals surface area contributed by atoms with Gasteiger partial charge in [0, 0.05) is 37.2 Å². The van der Waals surface area contributed by atoms with E-state index in [1.807, 2.05) is 24.3 Å². The molecule has 0 amide bonds. The zero-order valence-corrected chi connectivity index (χ0v) is 14.1. The molecule has 3 aromatic rings. The van der Waals surface area contributed by atoms with Crippen LogP contribution in [0.5, 0.6) is 0 Å². The highest BCUT2D eigenvalue weighted by Gasteiger charge is 2.19. The maximum atomic E-state index is 12.3. The van der Waals surface area contributed by atoms with Crippen LogP contribution < -0.4 is 4.72 Å². The van der Waals surface area contributed by atoms with E-state index in [2.05, 4.69) is 19.8 Å². The molecule has 0 saturated carbocycles. The van der Waals surface area contributed by atoms with Crippen molar-refractivity contribution in [2.75, 3.05) is 0 Å². The molecule has 0 bridgehead atoms. The summed E-state index contributed by atoms with van der Waals surface area (Å²) < 4.78 is 28.8. The molecule has 24 heavy (non-hydrogen) atoms. The monoisotopic (exact) mass is 343 g/mol. The zero-order chi connectivity index (χ0) is 17.2. The summed E-state index contributed by atoms with van der Waals surface area (Å²) in [5, 5.41) is 3.89. The van der Waals surface area contributed by atoms with Crippen molar-refractivity contribution in [3.05, 3.63) is 60.9 Å². The summed E-state index contributed by atoms with van der Waals surface area (Å²) in [6.45, 7) is 1.80. The van der Waals surface area contributed by atoms with Gasteiger partial charge in [-0.2, -0.15) is 5.10 Å². The first-order valence-electron chi connectivity index (χ1n) is 7.32. The van der Waals surface area contributed by atoms with Crippen LogP contribution in [0, 0.1) is 0 Å². The molecule has 1 atom stereocenters. The molecule has 0 saturated heterocycles. The molecule has 0 aliphatic rings. The Hall–Kier alpha value is -2.58. The van der Waals surface area contributed by atoms with Crippen LogP contribution in [0.4, 0.5) is 0 Å². The Morgan fingerprint density at radius 3 is 2.29 bits per heavy atom. The van der Waals surface area contributed by atoms with Gasteiger partial charge in [0.15, 0.2) is 0 Å². The molecule has 0 spiro atoms. The number of nitrogens with one attached hydrogen (secondary N) is 1. The molecule has 0 fully saturated rings. The van der Waals surface area contributed by atoms with E-state index < -0.39 is 10.0 Å². The second-order valence-electron chi connectivity index (χ2n) is 5.44. The number of aromatic nitrogens is 4. The van der Waals surface area contributed by atoms with Crippen LogP contribution in [0.15, 0.2) is 60.3 Å². The third-order valence-electron chi connectivity index (χ3n) is 3.63. The highest BCUT2D eigenvalue weighted by molar-refractivity contribution is 7.89. The number of nitrogens with zero attached hydrogens (tertiary/aromatic N) is 4. The van der Waals surface area contributed by atoms with Crippen LogP contribution >= 0.6 is 0 Å². The maximum absolute atomic E-state index is 12.3. The Labute approximate surface area is 140 Å². The predicted octanol–water partition coefficient (Wildman–Crippen LogP) is 1.92. The highest BCUT2D eigenvalue weighted by atomic mass is 32.2. The second-order valence-corrected chi connectivity index (χ2v) is 7.16. The first-order chi connectivity index (χ1) is 11.5. The Morgan fingerprint density at radius 2 is 1.71 bits per heavy atom. The van der Waals surface area contributed by atoms with E-state index in [9.17, 15) is 8.42 Å². The fraction of sp³-hybridized carbons (Fsp3) is 0.188. The minimum atomic E-state index is -3.60. The summed E-state index contributed by atoms with van der Waals surface area (Å²) >= 11 is 0. The van der Waals surface area contributed by atoms with Crippen LogP contribution in [0.3, 0.4) is 0 Å². The van der Waals surface area contributed by atoms with E-state index in [1.165, 1.54) is 23.4 Å². The molecular weight excluding hydrogens is 326 g/mol. The third kappa shape index (κ3) is 3.50. The minimum absolute atomic E-state index is 0.148. The van der Waals surface area contributed by atoms with E-state index in [0.29, 0.717) is 0 Å². The lowest BCUT2D eigenvalue weighted by Crippen LogP contribution is -2.26. The van der Waals surface area contributed by atoms with Gasteiger partial charge < -0.3 is 0 Å². The second kappa shape index (κ2) is 6.50. The first kappa shape index (κ1) is 16.3. The van der Waals surface area contributed by atoms with Crippen LogP contribution in [-0.2, 0) is 17.1 Å². The zero-order valence-electron chi connectivity index (χ0n) is 13.3. The van der Waals surface area contributed by atoms with E-state index in [4.69, 9.17) is 0 Å². The fourth-order valence-electron chi connectivity index (χ4n) is 2.32. The van der Waals surface area contributed by atoms with Crippen LogP contribution in [0.1, 0.15) is 18.5 Å². The summed E-state index contributed by atoms with van der Waals surface area (Å²) in [6, 6.07) is 7.25. The standard InChI is InChI=1S/C16H17N5O2S/c1-12(20-24(22,23)16-9-19-21(2)10-16)13-3-5-14(6-4-13)15-7-17-11-18-8-15/h3-12,20H,1-2H3/t12-/m1/s1. The molecule has 2 heterocycles. The molecular formula is C16H17N5O2S. The Bertz CT molecular complexity index is 921. The number of hydrogen-bond acceptors (Lipinski definition) is 5. The molecule has 0 radical (unpaired) electrons. The molecule has 1 aromatic carbocycles. The van der Waals surface area contributed by atoms with Gasteiger partial charge in [-0.1, -0.05) is 24.3 Å². The largest absolute Gasteiger partial charge is 0.274 e. The number of benzene rings is 1. The molecule has 3 rings (SSSR count). The van der Waals surface area contributed by atoms with Crippen molar-refractivity contribution in [1.29, 1.82) is 0 Å². The van der Waals surface area contributed by atoms with Gasteiger partial charge in [0.1, 0.15) is 11.2 Å². The number of sulfonamides is 1. The Morgan fingerprint density at radius 1 is 1.04 bits per heavy atom. The van der Waals surface area contributed by atoms with Gasteiger partial charge >= 0.3 is 0 Å². The predicted molar refractivity (Wildman–Crippen MR) is 89.4 cm³/mol. The topological polar surface area (TPSA) is 89.8 Å². The van der Waals surface area contributed by atoms with Gasteiger partial charge in [0.05, 0.1) is 6.20 Å². The Kier molecular flexibility index (Phi) is 4.41. The Balaban J connectivity index is 1.77. The van der Waals surface area contributed by atoms with Crippen molar-refractivity contribution in [3.8, 4) is 11.1 Å². The normalized spacial score (nSPS) is 12.9. The molecule has 0 aliphatic heterocycles. The SMILES string of the molecule is C[C@@H](NS(=O)(=O)c1cnn(C)c1)c1ccc(-c2cncnc2)cc1. The number of hydrogen-bond donors (Lipinski definition) is 1. The smallest absolute Gasteiger partial charge is 0.244 e. The van der Waals surface area contributed by atoms with Crippen molar-refractivity contribution in [1.82, 2.24) is 24.5 Å². The minimum Gasteiger partial charge on any atom is -0.274 e. The molecule has 7 nitrogen and oxygen atoms in total. The van der Waals surface area contributed by atoms with Crippen molar-refractivity contribution >= 4 is 10.0 Å². The lowest BCUT2D eigenvalue weighted by atomic mass is 10.0. The van der Waals surface area contributed by atoms with E-state index in [0.717, 1.165) is 16.7 Å². The van der Waals surface area contributed by atoms with E-state index >= 15 is 0 Å². The quantitative estimate of drug-likeness (QED) is 0.764. The number of rotatable bonds is 5. The van der Waals surface area contributed by atoms with Crippen LogP contribution in [0.25, 0.3) is 11.1 Å². The fourth-order valence-corrected chi connectivity index (χ4v) is 3.53. The molecule has 1 N–H and O–H groups in total. The molecule has 0 unspecified atom stereocenters. The summed E-state index contributed by atoms with van der Waals surface area (Å²) in [7, 11) is -1.93. The summed E-state index contributed by atoms with van der Waals surface area (Å²) in [5.41, 5.74) is 2.75. The summed E-state index contributed by atoms with van der Waals surface area (Å²) in [4.78, 5) is 8.13. The van der Waals surface area contributed by atoms with Gasteiger partial charge in [-0.05, 0) is 18.1 Å². The molecule has 8 heteroatoms. The van der Waals surface area contributed by atoms with Gasteiger partial charge in [-0.3, -0.25) is 4.68 Å². The molecule has 2 aromatic heterocycles. The van der Waals surface area contributed by atoms with Crippen LogP contribution in [-0.4, -0.2) is 28.2 Å². The average Bonchev–Trinajstić information content (AvgIpc) is 3.03. The average molecular weight is 343 g/mol. The number of aryl methyl sites for hydroxylation is 1. The van der Waals surface area contributed by atoms with Crippen molar-refractivity contribution < 1.29 is 8.42 Å². The van der Waals surface area contributed by atoms with Crippen molar-refractivity contribution in [2.45, 2.75) is 17.9 Å². The lowest BCUT2D eigenvalue weighted by Gasteiger charge is -2.14. The third-order valence-corrected chi connectivity index (χ3v) is 5.12. The maximum Gasteiger partial charge on any atom is 0.244 e. The van der Waals surface area contributed by atoms with E-state index in [-0.39, 0.29) is 10.9 Å². The first-order valence-corrected chi connectivity index (χ1v) is 8.80. The summed E-state index contributed by atoms with van der Waals surface area (Å²) in [6.07, 6.45) is 7.74. The van der Waals surface area contributed by atoms with Gasteiger partial charge in [-0.25, -0.2) is 23.1 Å². The molecule has 124 valence electrons. The van der Waals surface area contributed by atoms with Gasteiger partial charge in [0.25, 0.3) is 0 Å². The highest BCUT2D eigenvalue weighted by Crippen LogP contribution is 2.22. The van der Waals surface area contributed by atoms with Crippen molar-refractivity contribution in [3.63, 3.8) is 0 Å². The summed E-state index contributed by atoms with van der Waals surface area (Å²) in [5.74, 6) is 0. The van der Waals surface area contributed by atoms with Gasteiger partial charge in [0.2, 0.25) is 10.0 Å². The van der Waals surface area contributed by atoms with Gasteiger partial charge in [-0.15, -0.1) is 0 Å².